The van der Waals surface area contributed by atoms with E-state index in [9.17, 15) is 9.18 Å². The van der Waals surface area contributed by atoms with Gasteiger partial charge in [0.1, 0.15) is 11.9 Å². The van der Waals surface area contributed by atoms with Crippen molar-refractivity contribution in [1.82, 2.24) is 14.9 Å². The average Bonchev–Trinajstić information content (AvgIpc) is 3.24. The molecule has 4 N–H and O–H groups in total. The second kappa shape index (κ2) is 9.51. The van der Waals surface area contributed by atoms with Crippen molar-refractivity contribution >= 4 is 34.9 Å². The fourth-order valence-corrected chi connectivity index (χ4v) is 4.39. The van der Waals surface area contributed by atoms with E-state index >= 15 is 0 Å². The Morgan fingerprint density at radius 1 is 1.30 bits per heavy atom. The Hall–Kier alpha value is -2.94. The van der Waals surface area contributed by atoms with Crippen molar-refractivity contribution in [1.29, 1.82) is 0 Å². The van der Waals surface area contributed by atoms with Gasteiger partial charge in [-0.2, -0.15) is 0 Å². The Kier molecular flexibility index (Phi) is 6.69. The summed E-state index contributed by atoms with van der Waals surface area (Å²) in [6.07, 6.45) is 1.53. The Balaban J connectivity index is 1.61. The number of halogens is 3. The van der Waals surface area contributed by atoms with E-state index < -0.39 is 11.9 Å². The molecule has 2 atom stereocenters. The molecule has 10 heteroatoms. The molecule has 0 spiro atoms. The summed E-state index contributed by atoms with van der Waals surface area (Å²) >= 11 is 12.3. The van der Waals surface area contributed by atoms with Crippen molar-refractivity contribution in [2.75, 3.05) is 18.8 Å². The van der Waals surface area contributed by atoms with Gasteiger partial charge in [0.15, 0.2) is 5.82 Å². The quantitative estimate of drug-likeness (QED) is 0.511. The molecule has 3 aromatic rings. The number of amides is 1. The molecule has 2 aromatic carbocycles. The minimum Gasteiger partial charge on any atom is -0.467 e. The summed E-state index contributed by atoms with van der Waals surface area (Å²) in [7, 11) is 0. The molecular formula is C23H22Cl2FN5O2. The highest BCUT2D eigenvalue weighted by Gasteiger charge is 2.25. The van der Waals surface area contributed by atoms with Crippen molar-refractivity contribution in [3.05, 3.63) is 69.6 Å². The van der Waals surface area contributed by atoms with Crippen molar-refractivity contribution in [2.45, 2.75) is 25.5 Å². The molecule has 172 valence electrons. The number of aromatic nitrogens is 2. The minimum atomic E-state index is -0.750. The number of hydrogen-bond donors (Lipinski definition) is 2. The number of benzene rings is 2. The first-order valence-electron chi connectivity index (χ1n) is 10.3. The molecule has 1 aliphatic heterocycles. The first kappa shape index (κ1) is 23.2. The fourth-order valence-electron chi connectivity index (χ4n) is 3.71. The van der Waals surface area contributed by atoms with E-state index in [2.05, 4.69) is 9.97 Å². The van der Waals surface area contributed by atoms with Crippen LogP contribution in [0.1, 0.15) is 35.4 Å². The number of hydrogen-bond acceptors (Lipinski definition) is 6. The molecular weight excluding hydrogens is 468 g/mol. The van der Waals surface area contributed by atoms with Gasteiger partial charge < -0.3 is 21.1 Å². The fraction of sp³-hybridized carbons (Fsp3) is 0.261. The van der Waals surface area contributed by atoms with Gasteiger partial charge in [-0.15, -0.1) is 0 Å². The van der Waals surface area contributed by atoms with Gasteiger partial charge in [-0.05, 0) is 37.6 Å². The molecule has 1 unspecified atom stereocenters. The highest BCUT2D eigenvalue weighted by molar-refractivity contribution is 6.36. The van der Waals surface area contributed by atoms with Crippen LogP contribution < -0.4 is 16.2 Å². The summed E-state index contributed by atoms with van der Waals surface area (Å²) in [6.45, 7) is 2.82. The van der Waals surface area contributed by atoms with Crippen LogP contribution >= 0.6 is 23.2 Å². The number of anilines is 1. The summed E-state index contributed by atoms with van der Waals surface area (Å²) in [6, 6.07) is 9.64. The van der Waals surface area contributed by atoms with E-state index in [4.69, 9.17) is 39.4 Å². The first-order valence-corrected chi connectivity index (χ1v) is 11.1. The predicted molar refractivity (Wildman–Crippen MR) is 126 cm³/mol. The van der Waals surface area contributed by atoms with Gasteiger partial charge in [0.25, 0.3) is 11.8 Å². The topological polar surface area (TPSA) is 107 Å². The third-order valence-corrected chi connectivity index (χ3v) is 6.17. The Labute approximate surface area is 200 Å². The first-order chi connectivity index (χ1) is 15.7. The number of ether oxygens (including phenoxy) is 1. The van der Waals surface area contributed by atoms with Crippen LogP contribution in [0, 0.1) is 5.82 Å². The number of nitrogen functional groups attached to an aromatic ring is 1. The van der Waals surface area contributed by atoms with Crippen LogP contribution in [0.4, 0.5) is 10.2 Å². The third-order valence-electron chi connectivity index (χ3n) is 5.46. The van der Waals surface area contributed by atoms with Gasteiger partial charge in [-0.1, -0.05) is 35.3 Å². The lowest BCUT2D eigenvalue weighted by atomic mass is 10.1. The van der Waals surface area contributed by atoms with Crippen LogP contribution in [0.2, 0.25) is 10.0 Å². The van der Waals surface area contributed by atoms with Crippen LogP contribution in [-0.4, -0.2) is 39.9 Å². The van der Waals surface area contributed by atoms with Crippen LogP contribution in [0.25, 0.3) is 11.3 Å². The minimum absolute atomic E-state index is 0.00175. The highest BCUT2D eigenvalue weighted by atomic mass is 35.5. The van der Waals surface area contributed by atoms with E-state index in [1.54, 1.807) is 36.1 Å². The number of carbonyl (C=O) groups is 1. The van der Waals surface area contributed by atoms with Crippen LogP contribution in [0.3, 0.4) is 0 Å². The molecule has 1 aromatic heterocycles. The van der Waals surface area contributed by atoms with Crippen molar-refractivity contribution < 1.29 is 13.9 Å². The number of carbonyl (C=O) groups excluding carboxylic acids is 1. The smallest absolute Gasteiger partial charge is 0.258 e. The molecule has 0 radical (unpaired) electrons. The summed E-state index contributed by atoms with van der Waals surface area (Å²) in [5.41, 5.74) is 13.8. The maximum atomic E-state index is 13.9. The highest BCUT2D eigenvalue weighted by Crippen LogP contribution is 2.35. The standard InChI is InChI=1S/C23H22Cl2FN5O2/c1-12(19-16(24)5-6-17(26)20(19)25)33-22-21(28)29-10-18(30-22)13-3-2-4-14(9-13)23(32)31-8-7-15(27)11-31/h2-6,9-10,12,15H,7-8,11,27H2,1H3,(H2,28,29)/t12?,15-/m0/s1. The molecule has 1 aliphatic rings. The lowest BCUT2D eigenvalue weighted by Crippen LogP contribution is -2.31. The molecule has 1 fully saturated rings. The molecule has 33 heavy (non-hydrogen) atoms. The molecule has 0 aliphatic carbocycles. The van der Waals surface area contributed by atoms with Gasteiger partial charge in [0, 0.05) is 40.8 Å². The third kappa shape index (κ3) is 4.88. The monoisotopic (exact) mass is 489 g/mol. The van der Waals surface area contributed by atoms with Gasteiger partial charge in [0.05, 0.1) is 16.9 Å². The van der Waals surface area contributed by atoms with Crippen LogP contribution in [-0.2, 0) is 0 Å². The molecule has 2 heterocycles. The van der Waals surface area contributed by atoms with E-state index in [1.807, 2.05) is 0 Å². The molecule has 1 amide bonds. The number of nitrogens with zero attached hydrogens (tertiary/aromatic N) is 3. The summed E-state index contributed by atoms with van der Waals surface area (Å²) < 4.78 is 19.8. The zero-order valence-electron chi connectivity index (χ0n) is 17.8. The second-order valence-electron chi connectivity index (χ2n) is 7.84. The largest absolute Gasteiger partial charge is 0.467 e. The van der Waals surface area contributed by atoms with E-state index in [0.717, 1.165) is 6.42 Å². The van der Waals surface area contributed by atoms with Gasteiger partial charge in [-0.3, -0.25) is 4.79 Å². The van der Waals surface area contributed by atoms with E-state index in [0.29, 0.717) is 29.9 Å². The van der Waals surface area contributed by atoms with Gasteiger partial charge in [-0.25, -0.2) is 14.4 Å². The average molecular weight is 490 g/mol. The summed E-state index contributed by atoms with van der Waals surface area (Å²) in [5, 5.41) is 0.120. The van der Waals surface area contributed by atoms with Crippen molar-refractivity contribution in [3.63, 3.8) is 0 Å². The lowest BCUT2D eigenvalue weighted by molar-refractivity contribution is 0.0791. The molecule has 0 bridgehead atoms. The van der Waals surface area contributed by atoms with E-state index in [1.165, 1.54) is 18.3 Å². The Morgan fingerprint density at radius 3 is 2.82 bits per heavy atom. The normalized spacial score (nSPS) is 16.6. The van der Waals surface area contributed by atoms with Gasteiger partial charge in [0.2, 0.25) is 0 Å². The molecule has 1 saturated heterocycles. The van der Waals surface area contributed by atoms with Crippen LogP contribution in [0.5, 0.6) is 5.88 Å². The maximum absolute atomic E-state index is 13.9. The molecule has 0 saturated carbocycles. The SMILES string of the molecule is CC(Oc1nc(-c2cccc(C(=O)N3CC[C@H](N)C3)c2)cnc1N)c1c(Cl)ccc(F)c1Cl. The second-order valence-corrected chi connectivity index (χ2v) is 8.63. The van der Waals surface area contributed by atoms with Gasteiger partial charge >= 0.3 is 0 Å². The Bertz CT molecular complexity index is 1210. The summed E-state index contributed by atoms with van der Waals surface area (Å²) in [5.74, 6) is -0.611. The molecule has 4 rings (SSSR count). The molecule has 7 nitrogen and oxygen atoms in total. The zero-order chi connectivity index (χ0) is 23.7. The number of rotatable bonds is 5. The van der Waals surface area contributed by atoms with Crippen molar-refractivity contribution in [3.8, 4) is 17.1 Å². The number of likely N-dealkylation sites (tertiary alicyclic amines) is 1. The predicted octanol–water partition coefficient (Wildman–Crippen LogP) is 4.48. The lowest BCUT2D eigenvalue weighted by Gasteiger charge is -2.18. The Morgan fingerprint density at radius 2 is 2.09 bits per heavy atom. The number of nitrogens with two attached hydrogens (primary N) is 2. The van der Waals surface area contributed by atoms with Crippen LogP contribution in [0.15, 0.2) is 42.6 Å². The van der Waals surface area contributed by atoms with Crippen molar-refractivity contribution in [2.24, 2.45) is 5.73 Å². The maximum Gasteiger partial charge on any atom is 0.258 e. The van der Waals surface area contributed by atoms with E-state index in [-0.39, 0.29) is 39.3 Å². The summed E-state index contributed by atoms with van der Waals surface area (Å²) in [4.78, 5) is 23.2. The zero-order valence-corrected chi connectivity index (χ0v) is 19.3.